The van der Waals surface area contributed by atoms with E-state index >= 15 is 0 Å². The van der Waals surface area contributed by atoms with E-state index in [0.29, 0.717) is 12.6 Å². The van der Waals surface area contributed by atoms with Gasteiger partial charge in [0.2, 0.25) is 5.91 Å². The molecule has 1 unspecified atom stereocenters. The minimum Gasteiger partial charge on any atom is -0.348 e. The van der Waals surface area contributed by atoms with Gasteiger partial charge in [0.15, 0.2) is 0 Å². The van der Waals surface area contributed by atoms with Crippen LogP contribution in [0.25, 0.3) is 0 Å². The third-order valence-corrected chi connectivity index (χ3v) is 2.97. The summed E-state index contributed by atoms with van der Waals surface area (Å²) >= 11 is 0. The highest BCUT2D eigenvalue weighted by molar-refractivity contribution is 5.78. The maximum atomic E-state index is 12.8. The summed E-state index contributed by atoms with van der Waals surface area (Å²) in [7, 11) is 0. The van der Waals surface area contributed by atoms with Crippen molar-refractivity contribution in [2.45, 2.75) is 39.3 Å². The Balaban J connectivity index is 2.42. The summed E-state index contributed by atoms with van der Waals surface area (Å²) in [4.78, 5) is 11.7. The molecule has 0 fully saturated rings. The number of halogens is 1. The number of hydrogen-bond donors (Lipinski definition) is 2. The number of rotatable bonds is 6. The second-order valence-corrected chi connectivity index (χ2v) is 4.53. The molecule has 2 atom stereocenters. The molecule has 2 N–H and O–H groups in total. The fourth-order valence-corrected chi connectivity index (χ4v) is 1.54. The number of hydrogen-bond acceptors (Lipinski definition) is 2. The highest BCUT2D eigenvalue weighted by atomic mass is 19.1. The molecule has 0 heterocycles. The van der Waals surface area contributed by atoms with Crippen LogP contribution in [0.3, 0.4) is 0 Å². The minimum atomic E-state index is -0.268. The fourth-order valence-electron chi connectivity index (χ4n) is 1.54. The van der Waals surface area contributed by atoms with Crippen molar-refractivity contribution in [1.82, 2.24) is 10.6 Å². The lowest BCUT2D eigenvalue weighted by Crippen LogP contribution is -2.38. The molecule has 1 rings (SSSR count). The monoisotopic (exact) mass is 252 g/mol. The Morgan fingerprint density at radius 3 is 2.44 bits per heavy atom. The van der Waals surface area contributed by atoms with Crippen molar-refractivity contribution in [2.24, 2.45) is 0 Å². The molecule has 1 aromatic carbocycles. The van der Waals surface area contributed by atoms with E-state index in [2.05, 4.69) is 17.6 Å². The first-order valence-corrected chi connectivity index (χ1v) is 6.31. The molecule has 0 aliphatic carbocycles. The van der Waals surface area contributed by atoms with Gasteiger partial charge in [-0.2, -0.15) is 0 Å². The van der Waals surface area contributed by atoms with Crippen LogP contribution in [0.2, 0.25) is 0 Å². The van der Waals surface area contributed by atoms with Crippen LogP contribution in [0.5, 0.6) is 0 Å². The SMILES string of the molecule is CCC(C)NCC(=O)N[C@H](C)c1ccc(F)cc1. The summed E-state index contributed by atoms with van der Waals surface area (Å²) in [6.45, 7) is 6.29. The van der Waals surface area contributed by atoms with Gasteiger partial charge in [-0.1, -0.05) is 19.1 Å². The van der Waals surface area contributed by atoms with E-state index in [0.717, 1.165) is 12.0 Å². The van der Waals surface area contributed by atoms with Crippen LogP contribution >= 0.6 is 0 Å². The van der Waals surface area contributed by atoms with Crippen molar-refractivity contribution < 1.29 is 9.18 Å². The summed E-state index contributed by atoms with van der Waals surface area (Å²) in [5.74, 6) is -0.317. The van der Waals surface area contributed by atoms with Crippen molar-refractivity contribution in [2.75, 3.05) is 6.54 Å². The summed E-state index contributed by atoms with van der Waals surface area (Å²) < 4.78 is 12.8. The Hall–Kier alpha value is -1.42. The Morgan fingerprint density at radius 2 is 1.89 bits per heavy atom. The van der Waals surface area contributed by atoms with E-state index in [4.69, 9.17) is 0 Å². The average molecular weight is 252 g/mol. The molecule has 0 aromatic heterocycles. The van der Waals surface area contributed by atoms with E-state index in [1.807, 2.05) is 13.8 Å². The quantitative estimate of drug-likeness (QED) is 0.816. The summed E-state index contributed by atoms with van der Waals surface area (Å²) in [5, 5.41) is 6.00. The van der Waals surface area contributed by atoms with Crippen molar-refractivity contribution >= 4 is 5.91 Å². The van der Waals surface area contributed by atoms with Gasteiger partial charge in [0.25, 0.3) is 0 Å². The lowest BCUT2D eigenvalue weighted by Gasteiger charge is -2.16. The first-order valence-electron chi connectivity index (χ1n) is 6.31. The second kappa shape index (κ2) is 7.11. The predicted molar refractivity (Wildman–Crippen MR) is 70.7 cm³/mol. The van der Waals surface area contributed by atoms with Crippen LogP contribution in [0.4, 0.5) is 4.39 Å². The van der Waals surface area contributed by atoms with Crippen molar-refractivity contribution in [3.63, 3.8) is 0 Å². The van der Waals surface area contributed by atoms with Gasteiger partial charge >= 0.3 is 0 Å². The van der Waals surface area contributed by atoms with Crippen LogP contribution < -0.4 is 10.6 Å². The van der Waals surface area contributed by atoms with Crippen LogP contribution in [0.15, 0.2) is 24.3 Å². The number of nitrogens with one attached hydrogen (secondary N) is 2. The van der Waals surface area contributed by atoms with Crippen LogP contribution in [0, 0.1) is 5.82 Å². The summed E-state index contributed by atoms with van der Waals surface area (Å²) in [6, 6.07) is 6.38. The molecule has 100 valence electrons. The van der Waals surface area contributed by atoms with E-state index in [1.165, 1.54) is 12.1 Å². The molecule has 0 aliphatic heterocycles. The van der Waals surface area contributed by atoms with Crippen LogP contribution in [-0.4, -0.2) is 18.5 Å². The predicted octanol–water partition coefficient (Wildman–Crippen LogP) is 2.39. The van der Waals surface area contributed by atoms with Crippen LogP contribution in [0.1, 0.15) is 38.8 Å². The van der Waals surface area contributed by atoms with Gasteiger partial charge in [0, 0.05) is 6.04 Å². The highest BCUT2D eigenvalue weighted by Crippen LogP contribution is 2.12. The molecule has 0 saturated heterocycles. The summed E-state index contributed by atoms with van der Waals surface area (Å²) in [5.41, 5.74) is 0.897. The molecule has 1 amide bonds. The van der Waals surface area contributed by atoms with E-state index < -0.39 is 0 Å². The largest absolute Gasteiger partial charge is 0.348 e. The van der Waals surface area contributed by atoms with Crippen molar-refractivity contribution in [3.8, 4) is 0 Å². The van der Waals surface area contributed by atoms with Gasteiger partial charge in [-0.05, 0) is 38.0 Å². The fraction of sp³-hybridized carbons (Fsp3) is 0.500. The van der Waals surface area contributed by atoms with E-state index in [1.54, 1.807) is 12.1 Å². The Labute approximate surface area is 108 Å². The highest BCUT2D eigenvalue weighted by Gasteiger charge is 2.10. The third kappa shape index (κ3) is 4.84. The zero-order valence-electron chi connectivity index (χ0n) is 11.2. The second-order valence-electron chi connectivity index (χ2n) is 4.53. The zero-order valence-corrected chi connectivity index (χ0v) is 11.2. The zero-order chi connectivity index (χ0) is 13.5. The standard InChI is InChI=1S/C14H21FN2O/c1-4-10(2)16-9-14(18)17-11(3)12-5-7-13(15)8-6-12/h5-8,10-11,16H,4,9H2,1-3H3,(H,17,18)/t10?,11-/m1/s1. The van der Waals surface area contributed by atoms with E-state index in [-0.39, 0.29) is 17.8 Å². The molecule has 0 aliphatic rings. The van der Waals surface area contributed by atoms with Crippen LogP contribution in [-0.2, 0) is 4.79 Å². The molecule has 0 spiro atoms. The first kappa shape index (κ1) is 14.6. The first-order chi connectivity index (χ1) is 8.52. The molecular formula is C14H21FN2O. The maximum absolute atomic E-state index is 12.8. The maximum Gasteiger partial charge on any atom is 0.234 e. The topological polar surface area (TPSA) is 41.1 Å². The van der Waals surface area contributed by atoms with Gasteiger partial charge in [-0.15, -0.1) is 0 Å². The molecule has 4 heteroatoms. The summed E-state index contributed by atoms with van der Waals surface area (Å²) in [6.07, 6.45) is 0.987. The van der Waals surface area contributed by atoms with Crippen molar-refractivity contribution in [3.05, 3.63) is 35.6 Å². The molecule has 1 aromatic rings. The van der Waals surface area contributed by atoms with Gasteiger partial charge in [0.05, 0.1) is 12.6 Å². The van der Waals surface area contributed by atoms with Gasteiger partial charge < -0.3 is 10.6 Å². The molecular weight excluding hydrogens is 231 g/mol. The van der Waals surface area contributed by atoms with Gasteiger partial charge in [0.1, 0.15) is 5.82 Å². The lowest BCUT2D eigenvalue weighted by atomic mass is 10.1. The minimum absolute atomic E-state index is 0.0490. The number of amides is 1. The van der Waals surface area contributed by atoms with Gasteiger partial charge in [-0.3, -0.25) is 4.79 Å². The molecule has 0 radical (unpaired) electrons. The van der Waals surface area contributed by atoms with Crippen molar-refractivity contribution in [1.29, 1.82) is 0 Å². The normalized spacial score (nSPS) is 14.0. The third-order valence-electron chi connectivity index (χ3n) is 2.97. The lowest BCUT2D eigenvalue weighted by molar-refractivity contribution is -0.121. The van der Waals surface area contributed by atoms with Gasteiger partial charge in [-0.25, -0.2) is 4.39 Å². The molecule has 3 nitrogen and oxygen atoms in total. The Bertz CT molecular complexity index is 378. The number of carbonyl (C=O) groups is 1. The smallest absolute Gasteiger partial charge is 0.234 e. The number of carbonyl (C=O) groups excluding carboxylic acids is 1. The Kier molecular flexibility index (Phi) is 5.78. The number of benzene rings is 1. The Morgan fingerprint density at radius 1 is 1.28 bits per heavy atom. The van der Waals surface area contributed by atoms with E-state index in [9.17, 15) is 9.18 Å². The molecule has 0 saturated carbocycles. The molecule has 18 heavy (non-hydrogen) atoms. The average Bonchev–Trinajstić information content (AvgIpc) is 2.36. The molecule has 0 bridgehead atoms.